The van der Waals surface area contributed by atoms with Crippen LogP contribution in [0.1, 0.15) is 36.5 Å². The van der Waals surface area contributed by atoms with Crippen LogP contribution in [0.25, 0.3) is 22.3 Å². The van der Waals surface area contributed by atoms with Crippen LogP contribution in [0.2, 0.25) is 0 Å². The number of nitrogens with zero attached hydrogens (tertiary/aromatic N) is 5. The maximum Gasteiger partial charge on any atom is 0.316 e. The molecule has 1 aliphatic carbocycles. The van der Waals surface area contributed by atoms with Gasteiger partial charge in [0.15, 0.2) is 0 Å². The van der Waals surface area contributed by atoms with E-state index in [0.29, 0.717) is 53.8 Å². The van der Waals surface area contributed by atoms with Crippen LogP contribution < -0.4 is 16.9 Å². The second-order valence-corrected chi connectivity index (χ2v) is 10.0. The highest BCUT2D eigenvalue weighted by Gasteiger charge is 2.45. The maximum atomic E-state index is 13.8. The summed E-state index contributed by atoms with van der Waals surface area (Å²) >= 11 is 0. The summed E-state index contributed by atoms with van der Waals surface area (Å²) in [6, 6.07) is 12.7. The largest absolute Gasteiger partial charge is 0.399 e. The maximum absolute atomic E-state index is 13.8. The van der Waals surface area contributed by atoms with E-state index >= 15 is 0 Å². The topological polar surface area (TPSA) is 132 Å². The second-order valence-electron chi connectivity index (χ2n) is 10.0. The van der Waals surface area contributed by atoms with E-state index in [2.05, 4.69) is 15.3 Å². The van der Waals surface area contributed by atoms with Crippen LogP contribution in [-0.2, 0) is 13.1 Å². The fourth-order valence-corrected chi connectivity index (χ4v) is 5.70. The number of benzene rings is 2. The third-order valence-electron chi connectivity index (χ3n) is 7.74. The molecule has 3 N–H and O–H groups in total. The number of fused-ring (bicyclic) bond motifs is 1. The standard InChI is InChI=1S/C27H29N7O3/c1-2-33-23-10-7-18(13-21(23)29-25(35)27(33)37)26(36)34-12-11-20(16-3-4-16)24(34)15-32-14-22(30-31-32)17-5-8-19(28)9-6-17/h5-10,13-14,16,20,24H,2-4,11-12,15,28H2,1H3,(H,29,35). The fourth-order valence-electron chi connectivity index (χ4n) is 5.70. The summed E-state index contributed by atoms with van der Waals surface area (Å²) in [7, 11) is 0. The number of aryl methyl sites for hydroxylation is 1. The van der Waals surface area contributed by atoms with Crippen LogP contribution in [0, 0.1) is 11.8 Å². The van der Waals surface area contributed by atoms with Gasteiger partial charge in [-0.25, -0.2) is 4.68 Å². The molecule has 0 spiro atoms. The van der Waals surface area contributed by atoms with Crippen LogP contribution in [-0.4, -0.2) is 47.9 Å². The van der Waals surface area contributed by atoms with Crippen LogP contribution in [0.15, 0.2) is 58.3 Å². The Kier molecular flexibility index (Phi) is 5.66. The Labute approximate surface area is 212 Å². The Morgan fingerprint density at radius 2 is 1.89 bits per heavy atom. The van der Waals surface area contributed by atoms with Crippen molar-refractivity contribution < 1.29 is 4.79 Å². The molecule has 3 heterocycles. The summed E-state index contributed by atoms with van der Waals surface area (Å²) in [5.74, 6) is 0.970. The summed E-state index contributed by atoms with van der Waals surface area (Å²) in [6.07, 6.45) is 5.27. The quantitative estimate of drug-likeness (QED) is 0.309. The molecule has 2 unspecified atom stereocenters. The molecule has 10 heteroatoms. The molecule has 1 saturated carbocycles. The molecule has 190 valence electrons. The number of H-pyrrole nitrogens is 1. The Morgan fingerprint density at radius 3 is 2.62 bits per heavy atom. The molecule has 37 heavy (non-hydrogen) atoms. The van der Waals surface area contributed by atoms with E-state index in [1.165, 1.54) is 17.4 Å². The molecule has 2 atom stereocenters. The van der Waals surface area contributed by atoms with Crippen molar-refractivity contribution in [3.05, 3.63) is 74.9 Å². The van der Waals surface area contributed by atoms with E-state index in [4.69, 9.17) is 5.73 Å². The van der Waals surface area contributed by atoms with Crippen LogP contribution in [0.3, 0.4) is 0 Å². The number of rotatable bonds is 6. The zero-order valence-corrected chi connectivity index (χ0v) is 20.6. The van der Waals surface area contributed by atoms with Crippen molar-refractivity contribution in [3.63, 3.8) is 0 Å². The van der Waals surface area contributed by atoms with Crippen molar-refractivity contribution >= 4 is 22.6 Å². The molecule has 2 aromatic heterocycles. The lowest BCUT2D eigenvalue weighted by atomic mass is 9.94. The van der Waals surface area contributed by atoms with Gasteiger partial charge in [0, 0.05) is 29.9 Å². The number of nitrogens with one attached hydrogen (secondary N) is 1. The van der Waals surface area contributed by atoms with Crippen molar-refractivity contribution in [2.45, 2.75) is 45.3 Å². The van der Waals surface area contributed by atoms with Gasteiger partial charge in [-0.1, -0.05) is 17.3 Å². The lowest BCUT2D eigenvalue weighted by Gasteiger charge is -2.28. The number of carbonyl (C=O) groups is 1. The van der Waals surface area contributed by atoms with Gasteiger partial charge in [0.2, 0.25) is 0 Å². The molecule has 2 aliphatic rings. The summed E-state index contributed by atoms with van der Waals surface area (Å²) in [5.41, 5.74) is 8.51. The summed E-state index contributed by atoms with van der Waals surface area (Å²) in [5, 5.41) is 8.71. The number of likely N-dealkylation sites (tertiary alicyclic amines) is 1. The molecule has 10 nitrogen and oxygen atoms in total. The summed E-state index contributed by atoms with van der Waals surface area (Å²) in [4.78, 5) is 42.7. The Morgan fingerprint density at radius 1 is 1.11 bits per heavy atom. The normalized spacial score (nSPS) is 19.5. The van der Waals surface area contributed by atoms with Crippen LogP contribution in [0.4, 0.5) is 5.69 Å². The molecule has 1 amide bonds. The minimum absolute atomic E-state index is 0.000286. The van der Waals surface area contributed by atoms with Crippen molar-refractivity contribution in [2.75, 3.05) is 12.3 Å². The molecule has 1 aliphatic heterocycles. The molecule has 0 radical (unpaired) electrons. The SMILES string of the molecule is CCn1c(=O)c(=O)[nH]c2cc(C(=O)N3CCC(C4CC4)C3Cn3cc(-c4ccc(N)cc4)nn3)ccc21. The lowest BCUT2D eigenvalue weighted by molar-refractivity contribution is 0.0692. The number of hydrogen-bond donors (Lipinski definition) is 2. The van der Waals surface area contributed by atoms with Crippen molar-refractivity contribution in [1.82, 2.24) is 29.4 Å². The van der Waals surface area contributed by atoms with Gasteiger partial charge in [-0.15, -0.1) is 5.10 Å². The number of amides is 1. The third-order valence-corrected chi connectivity index (χ3v) is 7.74. The molecule has 1 saturated heterocycles. The molecule has 2 fully saturated rings. The van der Waals surface area contributed by atoms with E-state index in [1.807, 2.05) is 47.0 Å². The molecule has 0 bridgehead atoms. The fraction of sp³-hybridized carbons (Fsp3) is 0.370. The molecule has 6 rings (SSSR count). The Balaban J connectivity index is 1.29. The third kappa shape index (κ3) is 4.22. The van der Waals surface area contributed by atoms with Gasteiger partial charge in [0.1, 0.15) is 5.69 Å². The van der Waals surface area contributed by atoms with Crippen molar-refractivity contribution in [1.29, 1.82) is 0 Å². The van der Waals surface area contributed by atoms with Gasteiger partial charge < -0.3 is 20.2 Å². The first-order valence-corrected chi connectivity index (χ1v) is 12.8. The average Bonchev–Trinajstić information content (AvgIpc) is 3.49. The van der Waals surface area contributed by atoms with E-state index in [-0.39, 0.29) is 11.9 Å². The number of nitrogens with two attached hydrogens (primary N) is 1. The zero-order chi connectivity index (χ0) is 25.7. The number of hydrogen-bond acceptors (Lipinski definition) is 6. The Bertz CT molecular complexity index is 1600. The molecule has 2 aromatic carbocycles. The molecule has 4 aromatic rings. The first-order valence-electron chi connectivity index (χ1n) is 12.8. The predicted molar refractivity (Wildman–Crippen MR) is 140 cm³/mol. The highest BCUT2D eigenvalue weighted by molar-refractivity contribution is 5.97. The first kappa shape index (κ1) is 23.2. The van der Waals surface area contributed by atoms with E-state index < -0.39 is 11.1 Å². The number of nitrogen functional groups attached to an aromatic ring is 1. The minimum atomic E-state index is -0.685. The van der Waals surface area contributed by atoms with Gasteiger partial charge in [-0.05, 0) is 68.4 Å². The smallest absolute Gasteiger partial charge is 0.316 e. The zero-order valence-electron chi connectivity index (χ0n) is 20.6. The predicted octanol–water partition coefficient (Wildman–Crippen LogP) is 2.49. The van der Waals surface area contributed by atoms with Crippen molar-refractivity contribution in [2.24, 2.45) is 11.8 Å². The highest BCUT2D eigenvalue weighted by Crippen LogP contribution is 2.45. The van der Waals surface area contributed by atoms with Crippen LogP contribution in [0.5, 0.6) is 0 Å². The van der Waals surface area contributed by atoms with Gasteiger partial charge >= 0.3 is 11.1 Å². The van der Waals surface area contributed by atoms with E-state index in [1.54, 1.807) is 18.2 Å². The highest BCUT2D eigenvalue weighted by atomic mass is 16.2. The van der Waals surface area contributed by atoms with Crippen LogP contribution >= 0.6 is 0 Å². The lowest BCUT2D eigenvalue weighted by Crippen LogP contribution is -2.41. The van der Waals surface area contributed by atoms with Crippen molar-refractivity contribution in [3.8, 4) is 11.3 Å². The monoisotopic (exact) mass is 499 g/mol. The summed E-state index contributed by atoms with van der Waals surface area (Å²) < 4.78 is 3.25. The van der Waals surface area contributed by atoms with Gasteiger partial charge in [0.25, 0.3) is 5.91 Å². The first-order chi connectivity index (χ1) is 17.9. The number of aromatic nitrogens is 5. The number of aromatic amines is 1. The summed E-state index contributed by atoms with van der Waals surface area (Å²) in [6.45, 7) is 3.43. The van der Waals surface area contributed by atoms with Gasteiger partial charge in [-0.3, -0.25) is 14.4 Å². The minimum Gasteiger partial charge on any atom is -0.399 e. The van der Waals surface area contributed by atoms with Gasteiger partial charge in [-0.2, -0.15) is 0 Å². The number of carbonyl (C=O) groups excluding carboxylic acids is 1. The number of anilines is 1. The van der Waals surface area contributed by atoms with E-state index in [9.17, 15) is 14.4 Å². The average molecular weight is 500 g/mol. The Hall–Kier alpha value is -4.21. The van der Waals surface area contributed by atoms with Gasteiger partial charge in [0.05, 0.1) is 29.8 Å². The second kappa shape index (κ2) is 9.02. The molecular formula is C27H29N7O3. The molecular weight excluding hydrogens is 470 g/mol. The van der Waals surface area contributed by atoms with E-state index in [0.717, 1.165) is 17.7 Å².